The van der Waals surface area contributed by atoms with Crippen LogP contribution in [0.25, 0.3) is 0 Å². The number of rotatable bonds is 4. The predicted octanol–water partition coefficient (Wildman–Crippen LogP) is 1.85. The van der Waals surface area contributed by atoms with E-state index < -0.39 is 0 Å². The molecule has 0 amide bonds. The number of hydrogen-bond donors (Lipinski definition) is 1. The third-order valence-electron chi connectivity index (χ3n) is 1.70. The van der Waals surface area contributed by atoms with Crippen molar-refractivity contribution in [2.45, 2.75) is 40.2 Å². The summed E-state index contributed by atoms with van der Waals surface area (Å²) in [6.07, 6.45) is 5.44. The average Bonchev–Trinajstić information content (AvgIpc) is 2.65. The number of imidazole rings is 1. The Hall–Kier alpha value is -0.830. The lowest BCUT2D eigenvalue weighted by Crippen LogP contribution is -2.01. The van der Waals surface area contributed by atoms with Gasteiger partial charge >= 0.3 is 0 Å². The van der Waals surface area contributed by atoms with Gasteiger partial charge in [-0.25, -0.2) is 4.98 Å². The highest BCUT2D eigenvalue weighted by molar-refractivity contribution is 4.91. The summed E-state index contributed by atoms with van der Waals surface area (Å²) in [7, 11) is 0. The zero-order valence-corrected chi connectivity index (χ0v) is 8.82. The Balaban J connectivity index is 0.000000671. The van der Waals surface area contributed by atoms with Gasteiger partial charge in [-0.1, -0.05) is 13.8 Å². The lowest BCUT2D eigenvalue weighted by Gasteiger charge is -2.02. The quantitative estimate of drug-likeness (QED) is 0.775. The minimum Gasteiger partial charge on any atom is -0.396 e. The van der Waals surface area contributed by atoms with Gasteiger partial charge < -0.3 is 9.67 Å². The van der Waals surface area contributed by atoms with E-state index in [2.05, 4.69) is 16.5 Å². The second-order valence-electron chi connectivity index (χ2n) is 2.46. The molecule has 0 aromatic carbocycles. The molecule has 0 atom stereocenters. The highest BCUT2D eigenvalue weighted by atomic mass is 16.2. The number of aromatic nitrogens is 2. The summed E-state index contributed by atoms with van der Waals surface area (Å²) in [6.45, 7) is 7.29. The maximum Gasteiger partial charge on any atom is 0.108 e. The van der Waals surface area contributed by atoms with E-state index >= 15 is 0 Å². The van der Waals surface area contributed by atoms with Gasteiger partial charge in [0.1, 0.15) is 5.82 Å². The van der Waals surface area contributed by atoms with Crippen molar-refractivity contribution in [3.8, 4) is 0 Å². The van der Waals surface area contributed by atoms with Gasteiger partial charge in [0.05, 0.1) is 0 Å². The van der Waals surface area contributed by atoms with Gasteiger partial charge in [-0.05, 0) is 13.3 Å². The molecular weight excluding hydrogens is 164 g/mol. The molecule has 0 unspecified atom stereocenters. The molecule has 3 heteroatoms. The van der Waals surface area contributed by atoms with Crippen LogP contribution in [0.1, 0.15) is 33.0 Å². The van der Waals surface area contributed by atoms with Crippen molar-refractivity contribution in [3.63, 3.8) is 0 Å². The second-order valence-corrected chi connectivity index (χ2v) is 2.46. The third kappa shape index (κ3) is 4.08. The van der Waals surface area contributed by atoms with E-state index in [1.807, 2.05) is 20.0 Å². The van der Waals surface area contributed by atoms with Crippen molar-refractivity contribution in [1.29, 1.82) is 0 Å². The summed E-state index contributed by atoms with van der Waals surface area (Å²) in [5.74, 6) is 1.07. The Kier molecular flexibility index (Phi) is 7.30. The second kappa shape index (κ2) is 7.80. The number of aliphatic hydroxyl groups is 1. The fraction of sp³-hybridized carbons (Fsp3) is 0.700. The molecule has 0 radical (unpaired) electrons. The highest BCUT2D eigenvalue weighted by Gasteiger charge is 1.98. The first-order chi connectivity index (χ1) is 6.38. The Bertz CT molecular complexity index is 208. The van der Waals surface area contributed by atoms with Crippen LogP contribution < -0.4 is 0 Å². The molecule has 3 nitrogen and oxygen atoms in total. The molecule has 1 heterocycles. The molecule has 1 aromatic heterocycles. The van der Waals surface area contributed by atoms with E-state index in [0.717, 1.165) is 25.2 Å². The smallest absolute Gasteiger partial charge is 0.108 e. The van der Waals surface area contributed by atoms with E-state index in [9.17, 15) is 0 Å². The van der Waals surface area contributed by atoms with Crippen LogP contribution in [0.3, 0.4) is 0 Å². The topological polar surface area (TPSA) is 38.0 Å². The molecule has 1 rings (SSSR count). The van der Waals surface area contributed by atoms with Gasteiger partial charge in [-0.15, -0.1) is 0 Å². The Morgan fingerprint density at radius 1 is 1.46 bits per heavy atom. The largest absolute Gasteiger partial charge is 0.396 e. The summed E-state index contributed by atoms with van der Waals surface area (Å²) < 4.78 is 2.09. The third-order valence-corrected chi connectivity index (χ3v) is 1.70. The molecule has 0 aliphatic carbocycles. The number of hydrogen-bond acceptors (Lipinski definition) is 2. The van der Waals surface area contributed by atoms with Crippen LogP contribution >= 0.6 is 0 Å². The minimum absolute atomic E-state index is 0.247. The number of aliphatic hydroxyl groups excluding tert-OH is 1. The monoisotopic (exact) mass is 184 g/mol. The van der Waals surface area contributed by atoms with E-state index in [4.69, 9.17) is 5.11 Å². The lowest BCUT2D eigenvalue weighted by atomic mass is 10.3. The van der Waals surface area contributed by atoms with Gasteiger partial charge in [0.2, 0.25) is 0 Å². The van der Waals surface area contributed by atoms with E-state index in [0.29, 0.717) is 0 Å². The van der Waals surface area contributed by atoms with Crippen molar-refractivity contribution in [2.75, 3.05) is 6.61 Å². The van der Waals surface area contributed by atoms with Crippen LogP contribution in [0.4, 0.5) is 0 Å². The maximum absolute atomic E-state index is 8.59. The maximum atomic E-state index is 8.59. The molecule has 76 valence electrons. The molecule has 1 aromatic rings. The van der Waals surface area contributed by atoms with Crippen LogP contribution in [0.15, 0.2) is 12.4 Å². The summed E-state index contributed by atoms with van der Waals surface area (Å²) in [5, 5.41) is 8.59. The van der Waals surface area contributed by atoms with Crippen LogP contribution in [-0.2, 0) is 13.0 Å². The fourth-order valence-corrected chi connectivity index (χ4v) is 1.09. The van der Waals surface area contributed by atoms with E-state index in [-0.39, 0.29) is 6.61 Å². The van der Waals surface area contributed by atoms with Gasteiger partial charge in [0.15, 0.2) is 0 Å². The zero-order chi connectivity index (χ0) is 10.1. The molecule has 0 spiro atoms. The molecule has 0 saturated carbocycles. The predicted molar refractivity (Wildman–Crippen MR) is 54.7 cm³/mol. The number of nitrogens with zero attached hydrogens (tertiary/aromatic N) is 2. The molecule has 0 fully saturated rings. The Morgan fingerprint density at radius 3 is 2.69 bits per heavy atom. The SMILES string of the molecule is CC.CCn1ccnc1CCCO. The normalized spacial score (nSPS) is 9.23. The van der Waals surface area contributed by atoms with Crippen LogP contribution in [0.2, 0.25) is 0 Å². The van der Waals surface area contributed by atoms with Crippen molar-refractivity contribution in [2.24, 2.45) is 0 Å². The first kappa shape index (κ1) is 12.2. The van der Waals surface area contributed by atoms with E-state index in [1.165, 1.54) is 0 Å². The standard InChI is InChI=1S/C8H14N2O.C2H6/c1-2-10-6-5-9-8(10)4-3-7-11;1-2/h5-6,11H,2-4,7H2,1H3;1-2H3. The molecule has 0 saturated heterocycles. The van der Waals surface area contributed by atoms with Gasteiger partial charge in [-0.2, -0.15) is 0 Å². The molecule has 0 aliphatic heterocycles. The first-order valence-corrected chi connectivity index (χ1v) is 4.99. The molecule has 0 aliphatic rings. The molecule has 1 N–H and O–H groups in total. The average molecular weight is 184 g/mol. The lowest BCUT2D eigenvalue weighted by molar-refractivity contribution is 0.287. The summed E-state index contributed by atoms with van der Waals surface area (Å²) in [6, 6.07) is 0. The summed E-state index contributed by atoms with van der Waals surface area (Å²) in [5.41, 5.74) is 0. The molecule has 13 heavy (non-hydrogen) atoms. The minimum atomic E-state index is 0.247. The molecule has 0 bridgehead atoms. The Labute approximate surface area is 80.4 Å². The zero-order valence-electron chi connectivity index (χ0n) is 8.82. The van der Waals surface area contributed by atoms with Gasteiger partial charge in [0.25, 0.3) is 0 Å². The highest BCUT2D eigenvalue weighted by Crippen LogP contribution is 2.00. The molecular formula is C10H20N2O. The van der Waals surface area contributed by atoms with Gasteiger partial charge in [-0.3, -0.25) is 0 Å². The van der Waals surface area contributed by atoms with Gasteiger partial charge in [0, 0.05) is 32.0 Å². The van der Waals surface area contributed by atoms with Crippen molar-refractivity contribution < 1.29 is 5.11 Å². The Morgan fingerprint density at radius 2 is 2.15 bits per heavy atom. The fourth-order valence-electron chi connectivity index (χ4n) is 1.09. The first-order valence-electron chi connectivity index (χ1n) is 4.99. The number of aryl methyl sites for hydroxylation is 2. The van der Waals surface area contributed by atoms with E-state index in [1.54, 1.807) is 6.20 Å². The van der Waals surface area contributed by atoms with Crippen molar-refractivity contribution >= 4 is 0 Å². The van der Waals surface area contributed by atoms with Crippen molar-refractivity contribution in [3.05, 3.63) is 18.2 Å². The van der Waals surface area contributed by atoms with Crippen molar-refractivity contribution in [1.82, 2.24) is 9.55 Å². The summed E-state index contributed by atoms with van der Waals surface area (Å²) in [4.78, 5) is 4.18. The summed E-state index contributed by atoms with van der Waals surface area (Å²) >= 11 is 0. The van der Waals surface area contributed by atoms with Crippen LogP contribution in [-0.4, -0.2) is 21.3 Å². The van der Waals surface area contributed by atoms with Crippen LogP contribution in [0.5, 0.6) is 0 Å². The van der Waals surface area contributed by atoms with Crippen LogP contribution in [0, 0.1) is 0 Å².